The maximum absolute atomic E-state index is 12.2. The molecule has 1 N–H and O–H groups in total. The minimum absolute atomic E-state index is 0.0440. The van der Waals surface area contributed by atoms with Crippen molar-refractivity contribution in [2.45, 2.75) is 18.7 Å². The first-order chi connectivity index (χ1) is 12.1. The van der Waals surface area contributed by atoms with Gasteiger partial charge in [-0.2, -0.15) is 0 Å². The molecule has 3 rings (SSSR count). The number of aromatic nitrogens is 1. The molecule has 6 heteroatoms. The fraction of sp³-hybridized carbons (Fsp3) is 0.368. The van der Waals surface area contributed by atoms with Gasteiger partial charge in [-0.25, -0.2) is 4.98 Å². The Morgan fingerprint density at radius 1 is 1.24 bits per heavy atom. The van der Waals surface area contributed by atoms with Crippen molar-refractivity contribution in [2.24, 2.45) is 0 Å². The Hall–Kier alpha value is -2.05. The predicted molar refractivity (Wildman–Crippen MR) is 103 cm³/mol. The molecule has 0 unspecified atom stereocenters. The molecule has 2 aromatic rings. The summed E-state index contributed by atoms with van der Waals surface area (Å²) in [6, 6.07) is 10.1. The highest BCUT2D eigenvalue weighted by Crippen LogP contribution is 2.23. The highest BCUT2D eigenvalue weighted by atomic mass is 32.2. The average Bonchev–Trinajstić information content (AvgIpc) is 2.64. The number of benzene rings is 1. The summed E-state index contributed by atoms with van der Waals surface area (Å²) in [5.74, 6) is 0.915. The van der Waals surface area contributed by atoms with Crippen LogP contribution < -0.4 is 10.2 Å². The Morgan fingerprint density at radius 3 is 2.76 bits per heavy atom. The molecule has 0 radical (unpaired) electrons. The summed E-state index contributed by atoms with van der Waals surface area (Å²) < 4.78 is 5.36. The number of aryl methyl sites for hydroxylation is 2. The first kappa shape index (κ1) is 17.8. The summed E-state index contributed by atoms with van der Waals surface area (Å²) in [6.45, 7) is 7.36. The van der Waals surface area contributed by atoms with E-state index in [0.29, 0.717) is 11.6 Å². The van der Waals surface area contributed by atoms with Crippen LogP contribution in [0.3, 0.4) is 0 Å². The number of hydrogen-bond acceptors (Lipinski definition) is 5. The van der Waals surface area contributed by atoms with Gasteiger partial charge in [0.2, 0.25) is 5.91 Å². The second-order valence-corrected chi connectivity index (χ2v) is 7.12. The number of morpholine rings is 1. The van der Waals surface area contributed by atoms with Crippen molar-refractivity contribution in [3.05, 3.63) is 47.7 Å². The number of hydrogen-bond donors (Lipinski definition) is 1. The largest absolute Gasteiger partial charge is 0.378 e. The lowest BCUT2D eigenvalue weighted by Gasteiger charge is -2.28. The molecule has 0 atom stereocenters. The molecule has 1 aromatic carbocycles. The number of pyridine rings is 1. The predicted octanol–water partition coefficient (Wildman–Crippen LogP) is 3.27. The van der Waals surface area contributed by atoms with Gasteiger partial charge in [-0.3, -0.25) is 4.79 Å². The zero-order valence-corrected chi connectivity index (χ0v) is 15.4. The van der Waals surface area contributed by atoms with Crippen LogP contribution in [0.1, 0.15) is 11.1 Å². The minimum Gasteiger partial charge on any atom is -0.378 e. The quantitative estimate of drug-likeness (QED) is 0.833. The van der Waals surface area contributed by atoms with Gasteiger partial charge in [-0.1, -0.05) is 17.7 Å². The van der Waals surface area contributed by atoms with E-state index in [2.05, 4.69) is 47.2 Å². The summed E-state index contributed by atoms with van der Waals surface area (Å²) in [6.07, 6.45) is 1.80. The molecule has 1 aromatic heterocycles. The van der Waals surface area contributed by atoms with Gasteiger partial charge in [0.1, 0.15) is 5.82 Å². The highest BCUT2D eigenvalue weighted by Gasteiger charge is 2.12. The van der Waals surface area contributed by atoms with Crippen LogP contribution >= 0.6 is 11.8 Å². The number of anilines is 2. The molecule has 132 valence electrons. The van der Waals surface area contributed by atoms with Crippen LogP contribution in [-0.2, 0) is 9.53 Å². The van der Waals surface area contributed by atoms with Crippen molar-refractivity contribution < 1.29 is 9.53 Å². The van der Waals surface area contributed by atoms with Crippen molar-refractivity contribution in [1.29, 1.82) is 0 Å². The molecular formula is C19H23N3O2S. The topological polar surface area (TPSA) is 54.5 Å². The molecule has 1 fully saturated rings. The summed E-state index contributed by atoms with van der Waals surface area (Å²) in [5.41, 5.74) is 3.45. The molecule has 1 aliphatic rings. The third-order valence-electron chi connectivity index (χ3n) is 4.09. The number of ether oxygens (including phenoxy) is 1. The van der Waals surface area contributed by atoms with E-state index in [9.17, 15) is 4.79 Å². The molecule has 0 saturated carbocycles. The van der Waals surface area contributed by atoms with Gasteiger partial charge in [0, 0.05) is 18.0 Å². The lowest BCUT2D eigenvalue weighted by Crippen LogP contribution is -2.36. The van der Waals surface area contributed by atoms with Crippen molar-refractivity contribution in [1.82, 2.24) is 4.98 Å². The number of rotatable bonds is 5. The van der Waals surface area contributed by atoms with Gasteiger partial charge in [-0.05, 0) is 37.6 Å². The molecule has 1 aliphatic heterocycles. The Balaban J connectivity index is 1.53. The number of nitrogens with one attached hydrogen (secondary N) is 1. The highest BCUT2D eigenvalue weighted by molar-refractivity contribution is 8.00. The smallest absolute Gasteiger partial charge is 0.235 e. The minimum atomic E-state index is -0.0440. The Kier molecular flexibility index (Phi) is 5.94. The lowest BCUT2D eigenvalue weighted by atomic mass is 10.2. The maximum Gasteiger partial charge on any atom is 0.235 e. The Labute approximate surface area is 152 Å². The third kappa shape index (κ3) is 4.96. The van der Waals surface area contributed by atoms with E-state index < -0.39 is 0 Å². The summed E-state index contributed by atoms with van der Waals surface area (Å²) >= 11 is 1.55. The average molecular weight is 357 g/mol. The van der Waals surface area contributed by atoms with E-state index in [1.54, 1.807) is 18.0 Å². The van der Waals surface area contributed by atoms with Crippen LogP contribution in [0.25, 0.3) is 0 Å². The number of carbonyl (C=O) groups is 1. The molecular weight excluding hydrogens is 334 g/mol. The van der Waals surface area contributed by atoms with E-state index in [1.165, 1.54) is 11.1 Å². The van der Waals surface area contributed by atoms with E-state index in [4.69, 9.17) is 4.74 Å². The van der Waals surface area contributed by atoms with Crippen LogP contribution in [0.2, 0.25) is 0 Å². The summed E-state index contributed by atoms with van der Waals surface area (Å²) in [4.78, 5) is 19.9. The van der Waals surface area contributed by atoms with Gasteiger partial charge < -0.3 is 15.0 Å². The van der Waals surface area contributed by atoms with Crippen LogP contribution in [0.5, 0.6) is 0 Å². The van der Waals surface area contributed by atoms with Crippen molar-refractivity contribution in [3.63, 3.8) is 0 Å². The number of amides is 1. The van der Waals surface area contributed by atoms with Gasteiger partial charge in [0.15, 0.2) is 0 Å². The Morgan fingerprint density at radius 2 is 2.04 bits per heavy atom. The summed E-state index contributed by atoms with van der Waals surface area (Å²) in [5, 5.41) is 2.86. The lowest BCUT2D eigenvalue weighted by molar-refractivity contribution is -0.113. The fourth-order valence-electron chi connectivity index (χ4n) is 2.65. The van der Waals surface area contributed by atoms with Crippen LogP contribution in [0.4, 0.5) is 11.5 Å². The van der Waals surface area contributed by atoms with Gasteiger partial charge in [-0.15, -0.1) is 11.8 Å². The van der Waals surface area contributed by atoms with Crippen molar-refractivity contribution >= 4 is 29.2 Å². The molecule has 0 bridgehead atoms. The van der Waals surface area contributed by atoms with Crippen LogP contribution in [-0.4, -0.2) is 42.9 Å². The normalized spacial score (nSPS) is 14.4. The molecule has 0 aliphatic carbocycles. The van der Waals surface area contributed by atoms with E-state index in [1.807, 2.05) is 12.1 Å². The second-order valence-electron chi connectivity index (χ2n) is 6.11. The van der Waals surface area contributed by atoms with E-state index in [-0.39, 0.29) is 5.91 Å². The second kappa shape index (κ2) is 8.36. The molecule has 5 nitrogen and oxygen atoms in total. The number of carbonyl (C=O) groups excluding carboxylic acids is 1. The van der Waals surface area contributed by atoms with Crippen molar-refractivity contribution in [3.8, 4) is 0 Å². The number of nitrogens with zero attached hydrogens (tertiary/aromatic N) is 2. The molecule has 25 heavy (non-hydrogen) atoms. The van der Waals surface area contributed by atoms with Gasteiger partial charge in [0.05, 0.1) is 30.9 Å². The SMILES string of the molecule is Cc1ccc(C)c(SCC(=O)Nc2ccc(N3CCOCC3)cn2)c1. The maximum atomic E-state index is 12.2. The molecule has 0 spiro atoms. The molecule has 1 saturated heterocycles. The van der Waals surface area contributed by atoms with Gasteiger partial charge >= 0.3 is 0 Å². The fourth-order valence-corrected chi connectivity index (χ4v) is 3.58. The summed E-state index contributed by atoms with van der Waals surface area (Å²) in [7, 11) is 0. The number of thioether (sulfide) groups is 1. The van der Waals surface area contributed by atoms with E-state index in [0.717, 1.165) is 36.9 Å². The van der Waals surface area contributed by atoms with Gasteiger partial charge in [0.25, 0.3) is 0 Å². The van der Waals surface area contributed by atoms with Crippen molar-refractivity contribution in [2.75, 3.05) is 42.3 Å². The monoisotopic (exact) mass is 357 g/mol. The standard InChI is InChI=1S/C19H23N3O2S/c1-14-3-4-15(2)17(11-14)25-13-19(23)21-18-6-5-16(12-20-18)22-7-9-24-10-8-22/h3-6,11-12H,7-10,13H2,1-2H3,(H,20,21,23). The first-order valence-corrected chi connectivity index (χ1v) is 9.39. The molecule has 1 amide bonds. The first-order valence-electron chi connectivity index (χ1n) is 8.40. The van der Waals surface area contributed by atoms with E-state index >= 15 is 0 Å². The zero-order valence-electron chi connectivity index (χ0n) is 14.6. The third-order valence-corrected chi connectivity index (χ3v) is 5.25. The zero-order chi connectivity index (χ0) is 17.6. The van der Waals surface area contributed by atoms with Crippen LogP contribution in [0, 0.1) is 13.8 Å². The Bertz CT molecular complexity index is 728. The van der Waals surface area contributed by atoms with Crippen LogP contribution in [0.15, 0.2) is 41.4 Å². The molecule has 2 heterocycles.